The highest BCUT2D eigenvalue weighted by molar-refractivity contribution is 5.92. The number of aromatic nitrogens is 2. The summed E-state index contributed by atoms with van der Waals surface area (Å²) in [7, 11) is 1.51. The average molecular weight is 312 g/mol. The van der Waals surface area contributed by atoms with E-state index in [0.717, 1.165) is 0 Å². The van der Waals surface area contributed by atoms with E-state index in [-0.39, 0.29) is 43.3 Å². The quantitative estimate of drug-likeness (QED) is 0.817. The summed E-state index contributed by atoms with van der Waals surface area (Å²) < 4.78 is 32.3. The van der Waals surface area contributed by atoms with Gasteiger partial charge in [0, 0.05) is 51.1 Å². The van der Waals surface area contributed by atoms with Crippen molar-refractivity contribution in [1.29, 1.82) is 0 Å². The highest BCUT2D eigenvalue weighted by Crippen LogP contribution is 2.35. The fourth-order valence-corrected chi connectivity index (χ4v) is 3.10. The molecule has 2 fully saturated rings. The molecule has 8 heteroatoms. The number of nitrogens with zero attached hydrogens (tertiary/aromatic N) is 4. The molecule has 3 heterocycles. The van der Waals surface area contributed by atoms with Gasteiger partial charge in [-0.15, -0.1) is 0 Å². The molecule has 0 unspecified atom stereocenters. The van der Waals surface area contributed by atoms with Crippen molar-refractivity contribution in [2.45, 2.75) is 24.4 Å². The third kappa shape index (κ3) is 2.93. The molecular weight excluding hydrogens is 294 g/mol. The number of carbonyl (C=O) groups is 1. The van der Waals surface area contributed by atoms with Crippen LogP contribution < -0.4 is 0 Å². The van der Waals surface area contributed by atoms with E-state index in [9.17, 15) is 13.6 Å². The summed E-state index contributed by atoms with van der Waals surface area (Å²) in [6.45, 7) is 0.889. The van der Waals surface area contributed by atoms with E-state index >= 15 is 0 Å². The van der Waals surface area contributed by atoms with E-state index in [2.05, 4.69) is 9.97 Å². The number of likely N-dealkylation sites (tertiary alicyclic amines) is 2. The number of methoxy groups -OCH3 is 1. The maximum absolute atomic E-state index is 13.6. The zero-order valence-corrected chi connectivity index (χ0v) is 12.3. The highest BCUT2D eigenvalue weighted by atomic mass is 19.3. The minimum Gasteiger partial charge on any atom is -0.383 e. The summed E-state index contributed by atoms with van der Waals surface area (Å²) in [6, 6.07) is -0.340. The van der Waals surface area contributed by atoms with Crippen LogP contribution in [0.3, 0.4) is 0 Å². The van der Waals surface area contributed by atoms with Crippen LogP contribution in [0.5, 0.6) is 0 Å². The number of hydrogen-bond acceptors (Lipinski definition) is 5. The van der Waals surface area contributed by atoms with Gasteiger partial charge in [0.15, 0.2) is 0 Å². The Balaban J connectivity index is 1.59. The van der Waals surface area contributed by atoms with Gasteiger partial charge in [0.05, 0.1) is 19.3 Å². The van der Waals surface area contributed by atoms with Crippen LogP contribution in [0, 0.1) is 0 Å². The van der Waals surface area contributed by atoms with Crippen LogP contribution in [0.4, 0.5) is 8.78 Å². The minimum absolute atomic E-state index is 0.0471. The Hall–Kier alpha value is -1.67. The predicted octanol–water partition coefficient (Wildman–Crippen LogP) is 0.657. The van der Waals surface area contributed by atoms with Gasteiger partial charge in [0.2, 0.25) is 0 Å². The van der Waals surface area contributed by atoms with Crippen LogP contribution in [0.15, 0.2) is 18.6 Å². The topological polar surface area (TPSA) is 58.6 Å². The van der Waals surface area contributed by atoms with Gasteiger partial charge in [0.1, 0.15) is 5.69 Å². The van der Waals surface area contributed by atoms with Crippen molar-refractivity contribution in [1.82, 2.24) is 19.8 Å². The molecule has 22 heavy (non-hydrogen) atoms. The number of hydrogen-bond donors (Lipinski definition) is 0. The fraction of sp³-hybridized carbons (Fsp3) is 0.643. The summed E-state index contributed by atoms with van der Waals surface area (Å²) in [5.74, 6) is -2.89. The first-order chi connectivity index (χ1) is 10.5. The van der Waals surface area contributed by atoms with Crippen LogP contribution in [-0.4, -0.2) is 77.0 Å². The molecule has 1 amide bonds. The van der Waals surface area contributed by atoms with Crippen molar-refractivity contribution >= 4 is 5.91 Å². The lowest BCUT2D eigenvalue weighted by Gasteiger charge is -2.45. The van der Waals surface area contributed by atoms with E-state index in [1.807, 2.05) is 0 Å². The fourth-order valence-electron chi connectivity index (χ4n) is 3.10. The van der Waals surface area contributed by atoms with Gasteiger partial charge in [-0.05, 0) is 0 Å². The number of carbonyl (C=O) groups excluding carboxylic acids is 1. The maximum atomic E-state index is 13.6. The third-order valence-electron chi connectivity index (χ3n) is 4.18. The Morgan fingerprint density at radius 3 is 2.86 bits per heavy atom. The van der Waals surface area contributed by atoms with E-state index in [1.165, 1.54) is 25.7 Å². The Morgan fingerprint density at radius 1 is 1.45 bits per heavy atom. The van der Waals surface area contributed by atoms with Gasteiger partial charge in [-0.2, -0.15) is 0 Å². The predicted molar refractivity (Wildman–Crippen MR) is 73.7 cm³/mol. The number of amides is 1. The molecule has 0 N–H and O–H groups in total. The molecule has 3 rings (SSSR count). The molecule has 1 aromatic rings. The van der Waals surface area contributed by atoms with Crippen molar-refractivity contribution < 1.29 is 18.3 Å². The van der Waals surface area contributed by atoms with Gasteiger partial charge in [0.25, 0.3) is 11.8 Å². The normalized spacial score (nSPS) is 25.2. The van der Waals surface area contributed by atoms with E-state index in [4.69, 9.17) is 4.74 Å². The van der Waals surface area contributed by atoms with E-state index in [1.54, 1.807) is 9.80 Å². The lowest BCUT2D eigenvalue weighted by Crippen LogP contribution is -2.62. The van der Waals surface area contributed by atoms with Crippen LogP contribution in [-0.2, 0) is 4.74 Å². The van der Waals surface area contributed by atoms with Crippen molar-refractivity contribution in [2.75, 3.05) is 33.4 Å². The highest BCUT2D eigenvalue weighted by Gasteiger charge is 2.50. The molecule has 120 valence electrons. The largest absolute Gasteiger partial charge is 0.383 e. The lowest BCUT2D eigenvalue weighted by molar-refractivity contribution is -0.0138. The Morgan fingerprint density at radius 2 is 2.23 bits per heavy atom. The standard InChI is InChI=1S/C14H18F2N4O2/c1-22-8-10-4-14(15,16)9-20(10)11-6-19(7-11)13(21)12-5-17-2-3-18-12/h2-3,5,10-11H,4,6-9H2,1H3/t10-/m0/s1. The monoisotopic (exact) mass is 312 g/mol. The molecule has 1 atom stereocenters. The lowest BCUT2D eigenvalue weighted by atomic mass is 10.1. The number of alkyl halides is 2. The van der Waals surface area contributed by atoms with Gasteiger partial charge >= 0.3 is 0 Å². The van der Waals surface area contributed by atoms with E-state index in [0.29, 0.717) is 13.1 Å². The smallest absolute Gasteiger partial charge is 0.274 e. The molecule has 0 aliphatic carbocycles. The van der Waals surface area contributed by atoms with Crippen molar-refractivity contribution in [3.63, 3.8) is 0 Å². The second-order valence-electron chi connectivity index (χ2n) is 5.80. The van der Waals surface area contributed by atoms with Gasteiger partial charge in [-0.3, -0.25) is 14.7 Å². The number of halogens is 2. The first-order valence-electron chi connectivity index (χ1n) is 7.18. The molecule has 2 saturated heterocycles. The summed E-state index contributed by atoms with van der Waals surface area (Å²) in [6.07, 6.45) is 4.18. The van der Waals surface area contributed by atoms with Crippen LogP contribution in [0.1, 0.15) is 16.9 Å². The summed E-state index contributed by atoms with van der Waals surface area (Å²) in [5.41, 5.74) is 0.279. The molecule has 0 saturated carbocycles. The maximum Gasteiger partial charge on any atom is 0.274 e. The molecule has 2 aliphatic rings. The molecule has 0 bridgehead atoms. The Kier molecular flexibility index (Phi) is 4.05. The summed E-state index contributed by atoms with van der Waals surface area (Å²) in [5, 5.41) is 0. The number of rotatable bonds is 4. The van der Waals surface area contributed by atoms with Crippen molar-refractivity contribution in [3.05, 3.63) is 24.3 Å². The molecule has 1 aromatic heterocycles. The number of ether oxygens (including phenoxy) is 1. The minimum atomic E-state index is -2.68. The van der Waals surface area contributed by atoms with Gasteiger partial charge < -0.3 is 9.64 Å². The third-order valence-corrected chi connectivity index (χ3v) is 4.18. The Bertz CT molecular complexity index is 537. The second-order valence-corrected chi connectivity index (χ2v) is 5.80. The SMILES string of the molecule is COC[C@@H]1CC(F)(F)CN1C1CN(C(=O)c2cnccn2)C1. The Labute approximate surface area is 127 Å². The zero-order chi connectivity index (χ0) is 15.7. The molecule has 0 aromatic carbocycles. The van der Waals surface area contributed by atoms with Crippen molar-refractivity contribution in [2.24, 2.45) is 0 Å². The molecular formula is C14H18F2N4O2. The average Bonchev–Trinajstić information content (AvgIpc) is 2.73. The van der Waals surface area contributed by atoms with Crippen LogP contribution in [0.25, 0.3) is 0 Å². The molecule has 0 spiro atoms. The van der Waals surface area contributed by atoms with Crippen molar-refractivity contribution in [3.8, 4) is 0 Å². The first kappa shape index (κ1) is 15.2. The molecule has 2 aliphatic heterocycles. The van der Waals surface area contributed by atoms with Gasteiger partial charge in [-0.25, -0.2) is 13.8 Å². The van der Waals surface area contributed by atoms with Gasteiger partial charge in [-0.1, -0.05) is 0 Å². The van der Waals surface area contributed by atoms with Crippen LogP contribution >= 0.6 is 0 Å². The summed E-state index contributed by atoms with van der Waals surface area (Å²) >= 11 is 0. The second kappa shape index (κ2) is 5.85. The van der Waals surface area contributed by atoms with Crippen LogP contribution in [0.2, 0.25) is 0 Å². The summed E-state index contributed by atoms with van der Waals surface area (Å²) in [4.78, 5) is 23.4. The zero-order valence-electron chi connectivity index (χ0n) is 12.3. The first-order valence-corrected chi connectivity index (χ1v) is 7.18. The molecule has 6 nitrogen and oxygen atoms in total. The van der Waals surface area contributed by atoms with E-state index < -0.39 is 5.92 Å². The molecule has 0 radical (unpaired) electrons.